The molecule has 28 rings (SSSR count). The first-order chi connectivity index (χ1) is 67.9. The number of aryl methyl sites for hydroxylation is 8. The van der Waals surface area contributed by atoms with Gasteiger partial charge in [-0.05, 0) is 255 Å². The molecular weight excluding hydrogens is 1710 g/mol. The number of rotatable bonds is 8. The molecule has 0 bridgehead atoms. The van der Waals surface area contributed by atoms with Gasteiger partial charge in [0.1, 0.15) is 72.9 Å². The number of fused-ring (bicyclic) bond motifs is 34. The van der Waals surface area contributed by atoms with Crippen LogP contribution in [0.1, 0.15) is 271 Å². The van der Waals surface area contributed by atoms with E-state index in [2.05, 4.69) is 397 Å². The Morgan fingerprint density at radius 1 is 0.221 bits per heavy atom. The van der Waals surface area contributed by atoms with Crippen LogP contribution in [0.5, 0.6) is 0 Å². The lowest BCUT2D eigenvalue weighted by atomic mass is 9.76. The predicted octanol–water partition coefficient (Wildman–Crippen LogP) is 33.4. The minimum Gasteiger partial charge on any atom is -0.455 e. The van der Waals surface area contributed by atoms with Crippen LogP contribution in [0, 0.1) is 27.7 Å². The topological polar surface area (TPSA) is 68.1 Å². The van der Waals surface area contributed by atoms with E-state index in [0.717, 1.165) is 44.7 Å². The molecule has 8 aliphatic carbocycles. The molecule has 0 aliphatic heterocycles. The van der Waals surface area contributed by atoms with Gasteiger partial charge in [0.05, 0.1) is 22.3 Å². The second-order valence-corrected chi connectivity index (χ2v) is 44.2. The Balaban J connectivity index is 0.0000000985. The van der Waals surface area contributed by atoms with Crippen LogP contribution in [0.4, 0.5) is 0 Å². The molecule has 8 aromatic heterocycles. The second-order valence-electron chi connectivity index (χ2n) is 44.2. The van der Waals surface area contributed by atoms with Gasteiger partial charge in [-0.1, -0.05) is 271 Å². The Labute approximate surface area is 823 Å². The van der Waals surface area contributed by atoms with E-state index in [1.807, 2.05) is 0 Å². The molecule has 8 nitrogen and oxygen atoms in total. The summed E-state index contributed by atoms with van der Waals surface area (Å²) in [5.74, 6) is 1.92. The van der Waals surface area contributed by atoms with Crippen molar-refractivity contribution < 1.29 is 35.9 Å². The van der Waals surface area contributed by atoms with Crippen LogP contribution in [0.25, 0.3) is 177 Å². The second kappa shape index (κ2) is 33.0. The molecule has 140 heavy (non-hydrogen) atoms. The largest absolute Gasteiger partial charge is 0.455 e. The van der Waals surface area contributed by atoms with E-state index < -0.39 is 0 Å². The first-order valence-electron chi connectivity index (χ1n) is 52.3. The van der Waals surface area contributed by atoms with Crippen molar-refractivity contribution in [2.24, 2.45) is 28.2 Å². The lowest BCUT2D eigenvalue weighted by Crippen LogP contribution is -2.31. The number of pyridine rings is 4. The molecule has 0 radical (unpaired) electrons. The Morgan fingerprint density at radius 3 is 0.914 bits per heavy atom. The van der Waals surface area contributed by atoms with Gasteiger partial charge in [-0.15, -0.1) is 0 Å². The molecule has 20 aromatic rings. The van der Waals surface area contributed by atoms with Crippen molar-refractivity contribution in [2.45, 2.75) is 231 Å². The van der Waals surface area contributed by atoms with E-state index in [0.29, 0.717) is 23.7 Å². The van der Waals surface area contributed by atoms with Crippen LogP contribution in [0.3, 0.4) is 0 Å². The number of hydrogen-bond donors (Lipinski definition) is 0. The van der Waals surface area contributed by atoms with Gasteiger partial charge in [-0.3, -0.25) is 0 Å². The van der Waals surface area contributed by atoms with Crippen molar-refractivity contribution in [1.29, 1.82) is 0 Å². The molecule has 0 saturated heterocycles. The van der Waals surface area contributed by atoms with Crippen LogP contribution in [0.15, 0.2) is 285 Å². The first-order valence-corrected chi connectivity index (χ1v) is 52.3. The fourth-order valence-electron chi connectivity index (χ4n) is 27.8. The molecule has 696 valence electrons. The zero-order valence-corrected chi connectivity index (χ0v) is 84.4. The van der Waals surface area contributed by atoms with E-state index in [1.54, 1.807) is 0 Å². The van der Waals surface area contributed by atoms with Gasteiger partial charge < -0.3 is 17.7 Å². The van der Waals surface area contributed by atoms with Crippen molar-refractivity contribution in [3.05, 3.63) is 356 Å². The third-order valence-corrected chi connectivity index (χ3v) is 35.2. The Hall–Kier alpha value is -13.6. The highest BCUT2D eigenvalue weighted by Gasteiger charge is 2.51. The molecule has 8 aliphatic rings. The predicted molar refractivity (Wildman–Crippen MR) is 575 cm³/mol. The van der Waals surface area contributed by atoms with Crippen molar-refractivity contribution in [3.8, 4) is 89.5 Å². The van der Waals surface area contributed by atoms with Crippen molar-refractivity contribution in [1.82, 2.24) is 0 Å². The van der Waals surface area contributed by atoms with Crippen LogP contribution >= 0.6 is 0 Å². The van der Waals surface area contributed by atoms with Crippen LogP contribution in [-0.4, -0.2) is 0 Å². The van der Waals surface area contributed by atoms with E-state index >= 15 is 0 Å². The molecule has 12 aromatic carbocycles. The van der Waals surface area contributed by atoms with E-state index in [4.69, 9.17) is 17.7 Å². The van der Waals surface area contributed by atoms with Crippen LogP contribution in [-0.2, 0) is 49.9 Å². The maximum absolute atomic E-state index is 7.02. The summed E-state index contributed by atoms with van der Waals surface area (Å²) in [4.78, 5) is 0. The third-order valence-electron chi connectivity index (χ3n) is 35.2. The molecule has 8 heteroatoms. The van der Waals surface area contributed by atoms with Crippen LogP contribution < -0.4 is 18.3 Å². The minimum absolute atomic E-state index is 0.0940. The molecule has 8 heterocycles. The highest BCUT2D eigenvalue weighted by atomic mass is 16.3. The fourth-order valence-corrected chi connectivity index (χ4v) is 27.8. The zero-order valence-electron chi connectivity index (χ0n) is 84.4. The SMILES string of the molecule is Cc1ccc2c(oc3c4c(ccc32)-c2ccccc2C42CCCC2)c1-c1cc(C(C)C)cc[n+]1C.Cc1ccc2c(oc3c4c(ccc32)C2(CCCC2)c2ccccc2-4)c1-c1cc(C(C)C)cc[n+]1C.Cc1ccc2c(oc3cc4c(cc32)-c2ccccc2C42CCCC2)c1-c1cc(C(C)C)cc[n+]1C.Cc1ccc2c(oc3cc4c(cc32)C2(CCCC2)c2ccccc2-4)c1-c1cc(C(C)C)cc[n+]1C. The highest BCUT2D eigenvalue weighted by molar-refractivity contribution is 6.17. The number of aromatic nitrogens is 4. The molecule has 0 N–H and O–H groups in total. The molecule has 4 fully saturated rings. The van der Waals surface area contributed by atoms with E-state index in [1.165, 1.54) is 324 Å². The lowest BCUT2D eigenvalue weighted by Gasteiger charge is -2.26. The van der Waals surface area contributed by atoms with Gasteiger partial charge in [0.25, 0.3) is 0 Å². The van der Waals surface area contributed by atoms with Gasteiger partial charge in [0, 0.05) is 124 Å². The van der Waals surface area contributed by atoms with Gasteiger partial charge in [0.15, 0.2) is 24.8 Å². The van der Waals surface area contributed by atoms with Gasteiger partial charge >= 0.3 is 0 Å². The molecule has 0 amide bonds. The first kappa shape index (κ1) is 87.9. The van der Waals surface area contributed by atoms with Crippen molar-refractivity contribution in [3.63, 3.8) is 0 Å². The Kier molecular flexibility index (Phi) is 20.8. The van der Waals surface area contributed by atoms with Gasteiger partial charge in [0.2, 0.25) is 22.8 Å². The zero-order chi connectivity index (χ0) is 95.6. The lowest BCUT2D eigenvalue weighted by molar-refractivity contribution is -0.660. The summed E-state index contributed by atoms with van der Waals surface area (Å²) < 4.78 is 36.4. The summed E-state index contributed by atoms with van der Waals surface area (Å²) in [6, 6.07) is 91.7. The van der Waals surface area contributed by atoms with Crippen LogP contribution in [0.2, 0.25) is 0 Å². The average Bonchev–Trinajstić information content (AvgIpc) is 1.54. The Morgan fingerprint density at radius 2 is 0.507 bits per heavy atom. The summed E-state index contributed by atoms with van der Waals surface area (Å²) in [5, 5.41) is 9.83. The van der Waals surface area contributed by atoms with Crippen molar-refractivity contribution >= 4 is 87.8 Å². The third kappa shape index (κ3) is 13.1. The summed E-state index contributed by atoms with van der Waals surface area (Å²) in [6.45, 7) is 26.9. The monoisotopic (exact) mass is 1830 g/mol. The highest BCUT2D eigenvalue weighted by Crippen LogP contribution is 2.65. The van der Waals surface area contributed by atoms with E-state index in [-0.39, 0.29) is 21.7 Å². The number of nitrogens with zero attached hydrogens (tertiary/aromatic N) is 4. The summed E-state index contributed by atoms with van der Waals surface area (Å²) in [5.41, 5.74) is 52.0. The summed E-state index contributed by atoms with van der Waals surface area (Å²) in [7, 11) is 8.55. The number of benzene rings is 12. The molecule has 0 unspecified atom stereocenters. The molecular formula is C132H128N4O4+4. The smallest absolute Gasteiger partial charge is 0.216 e. The quantitative estimate of drug-likeness (QED) is 0.142. The molecule has 0 atom stereocenters. The minimum atomic E-state index is 0.0940. The van der Waals surface area contributed by atoms with Crippen molar-refractivity contribution in [2.75, 3.05) is 0 Å². The van der Waals surface area contributed by atoms with E-state index in [9.17, 15) is 0 Å². The normalized spacial score (nSPS) is 16.0. The summed E-state index contributed by atoms with van der Waals surface area (Å²) in [6.07, 6.45) is 29.0. The van der Waals surface area contributed by atoms with Gasteiger partial charge in [-0.25, -0.2) is 18.3 Å². The number of hydrogen-bond acceptors (Lipinski definition) is 4. The van der Waals surface area contributed by atoms with Gasteiger partial charge in [-0.2, -0.15) is 0 Å². The summed E-state index contributed by atoms with van der Waals surface area (Å²) >= 11 is 0. The standard InChI is InChI=1S/4C33H32NO/c1-20(2)22-15-18-34(4)28(19-22)29-21(3)11-12-23-24-13-14-27-30(32(24)35-31(23)29)25-9-5-6-10-26(25)33(27)16-7-8-17-33;1-20(2)22-15-18-34(4)28(19-22)29-21(3)11-12-25-26-14-13-24-23-9-5-6-10-27(23)33(16-7-8-17-33)30(24)32(26)35-31(25)29;1-20(2)22-13-16-34(4)29(17-22)31-21(3)11-12-24-26-18-28-25(19-30(26)35-32(24)31)23-9-5-6-10-27(23)33(28)14-7-8-15-33;1-20(2)22-13-16-34(4)29(17-22)31-21(3)11-12-24-26-18-25-23-9-5-6-10-27(23)33(14-7-8-15-33)28(25)19-30(26)35-32(24)31/h2*5-6,9-15,18-20H,7-8,16-17H2,1-4H3;2*5-6,9-13,16-20H,7-8,14-15H2,1-4H3/q4*+1. The number of furan rings is 4. The Bertz CT molecular complexity index is 8460. The molecule has 4 spiro atoms. The maximum Gasteiger partial charge on any atom is 0.216 e. The fraction of sp³-hybridized carbons (Fsp3) is 0.303. The maximum atomic E-state index is 7.02. The average molecular weight is 1830 g/mol. The molecule has 4 saturated carbocycles.